The smallest absolute Gasteiger partial charge is 0.101 e. The molecule has 1 aliphatic carbocycles. The molecule has 0 saturated carbocycles. The van der Waals surface area contributed by atoms with E-state index in [1.807, 2.05) is 0 Å². The van der Waals surface area contributed by atoms with E-state index in [4.69, 9.17) is 0 Å². The quantitative estimate of drug-likeness (QED) is 0.531. The summed E-state index contributed by atoms with van der Waals surface area (Å²) >= 11 is 0. The van der Waals surface area contributed by atoms with Crippen molar-refractivity contribution in [2.45, 2.75) is 13.3 Å². The van der Waals surface area contributed by atoms with Gasteiger partial charge in [0.05, 0.1) is 21.1 Å². The minimum atomic E-state index is 1.04. The summed E-state index contributed by atoms with van der Waals surface area (Å²) in [4.78, 5) is 0. The Morgan fingerprint density at radius 1 is 1.36 bits per heavy atom. The second kappa shape index (κ2) is 2.82. The van der Waals surface area contributed by atoms with Crippen LogP contribution in [0.5, 0.6) is 0 Å². The van der Waals surface area contributed by atoms with Crippen LogP contribution >= 0.6 is 0 Å². The fourth-order valence-electron chi connectivity index (χ4n) is 1.42. The molecule has 0 spiro atoms. The SMILES string of the molecule is CC1=C(C[N+](C)(C)C)CC=C1. The molecule has 0 N–H and O–H groups in total. The fourth-order valence-corrected chi connectivity index (χ4v) is 1.42. The highest BCUT2D eigenvalue weighted by atomic mass is 15.3. The summed E-state index contributed by atoms with van der Waals surface area (Å²) in [5, 5.41) is 0. The van der Waals surface area contributed by atoms with Crippen molar-refractivity contribution >= 4 is 0 Å². The summed E-state index contributed by atoms with van der Waals surface area (Å²) in [6.07, 6.45) is 5.65. The average molecular weight is 152 g/mol. The van der Waals surface area contributed by atoms with Gasteiger partial charge in [0.1, 0.15) is 6.54 Å². The van der Waals surface area contributed by atoms with Gasteiger partial charge in [-0.3, -0.25) is 0 Å². The van der Waals surface area contributed by atoms with Crippen molar-refractivity contribution < 1.29 is 4.48 Å². The van der Waals surface area contributed by atoms with Crippen LogP contribution in [-0.2, 0) is 0 Å². The molecule has 0 radical (unpaired) electrons. The average Bonchev–Trinajstić information content (AvgIpc) is 2.12. The maximum atomic E-state index is 2.25. The Bertz CT molecular complexity index is 203. The molecule has 0 aliphatic heterocycles. The number of rotatable bonds is 2. The standard InChI is InChI=1S/C10H18N/c1-9-6-5-7-10(9)8-11(2,3)4/h5-6H,7-8H2,1-4H3/q+1. The maximum Gasteiger partial charge on any atom is 0.101 e. The minimum absolute atomic E-state index is 1.04. The zero-order chi connectivity index (χ0) is 8.48. The van der Waals surface area contributed by atoms with Crippen molar-refractivity contribution in [1.29, 1.82) is 0 Å². The summed E-state index contributed by atoms with van der Waals surface area (Å²) in [6.45, 7) is 3.38. The molecular weight excluding hydrogens is 134 g/mol. The first kappa shape index (κ1) is 8.54. The molecule has 0 fully saturated rings. The van der Waals surface area contributed by atoms with Gasteiger partial charge in [0.15, 0.2) is 0 Å². The van der Waals surface area contributed by atoms with Crippen molar-refractivity contribution in [3.63, 3.8) is 0 Å². The largest absolute Gasteiger partial charge is 0.327 e. The predicted molar refractivity (Wildman–Crippen MR) is 49.4 cm³/mol. The highest BCUT2D eigenvalue weighted by Crippen LogP contribution is 2.19. The van der Waals surface area contributed by atoms with Gasteiger partial charge in [-0.15, -0.1) is 0 Å². The van der Waals surface area contributed by atoms with E-state index in [-0.39, 0.29) is 0 Å². The van der Waals surface area contributed by atoms with E-state index in [9.17, 15) is 0 Å². The van der Waals surface area contributed by atoms with Crippen LogP contribution in [0.25, 0.3) is 0 Å². The summed E-state index contributed by atoms with van der Waals surface area (Å²) in [5.74, 6) is 0. The molecule has 0 amide bonds. The van der Waals surface area contributed by atoms with Gasteiger partial charge in [-0.25, -0.2) is 0 Å². The molecule has 0 unspecified atom stereocenters. The van der Waals surface area contributed by atoms with Gasteiger partial charge in [-0.2, -0.15) is 0 Å². The second-order valence-corrected chi connectivity index (χ2v) is 4.34. The molecule has 0 saturated heterocycles. The molecule has 62 valence electrons. The number of quaternary nitrogens is 1. The Balaban J connectivity index is 2.59. The van der Waals surface area contributed by atoms with Crippen LogP contribution in [-0.4, -0.2) is 32.2 Å². The van der Waals surface area contributed by atoms with Gasteiger partial charge in [0, 0.05) is 0 Å². The molecule has 0 heterocycles. The van der Waals surface area contributed by atoms with Gasteiger partial charge >= 0.3 is 0 Å². The predicted octanol–water partition coefficient (Wildman–Crippen LogP) is 1.97. The first-order valence-corrected chi connectivity index (χ1v) is 4.15. The molecule has 1 heteroatoms. The molecule has 11 heavy (non-hydrogen) atoms. The van der Waals surface area contributed by atoms with Crippen molar-refractivity contribution in [3.05, 3.63) is 23.3 Å². The summed E-state index contributed by atoms with van der Waals surface area (Å²) < 4.78 is 1.04. The van der Waals surface area contributed by atoms with Gasteiger partial charge in [-0.05, 0) is 24.5 Å². The van der Waals surface area contributed by atoms with Crippen molar-refractivity contribution in [1.82, 2.24) is 0 Å². The normalized spacial score (nSPS) is 18.2. The van der Waals surface area contributed by atoms with Crippen LogP contribution in [0.2, 0.25) is 0 Å². The lowest BCUT2D eigenvalue weighted by Gasteiger charge is -2.24. The molecule has 0 aromatic heterocycles. The molecule has 0 bridgehead atoms. The van der Waals surface area contributed by atoms with Crippen LogP contribution < -0.4 is 0 Å². The maximum absolute atomic E-state index is 2.25. The van der Waals surface area contributed by atoms with Crippen molar-refractivity contribution in [3.8, 4) is 0 Å². The summed E-state index contributed by atoms with van der Waals surface area (Å²) in [7, 11) is 6.70. The van der Waals surface area contributed by atoms with Crippen LogP contribution in [0.15, 0.2) is 23.3 Å². The molecule has 1 nitrogen and oxygen atoms in total. The van der Waals surface area contributed by atoms with E-state index in [0.29, 0.717) is 0 Å². The summed E-state index contributed by atoms with van der Waals surface area (Å²) in [6, 6.07) is 0. The lowest BCUT2D eigenvalue weighted by molar-refractivity contribution is -0.865. The third-order valence-electron chi connectivity index (χ3n) is 1.95. The monoisotopic (exact) mass is 152 g/mol. The highest BCUT2D eigenvalue weighted by molar-refractivity contribution is 5.32. The zero-order valence-corrected chi connectivity index (χ0v) is 8.02. The van der Waals surface area contributed by atoms with E-state index in [1.165, 1.54) is 18.5 Å². The molecule has 1 aliphatic rings. The lowest BCUT2D eigenvalue weighted by atomic mass is 10.1. The lowest BCUT2D eigenvalue weighted by Crippen LogP contribution is -2.36. The molecular formula is C10H18N+. The third kappa shape index (κ3) is 2.51. The molecule has 1 rings (SSSR count). The minimum Gasteiger partial charge on any atom is -0.327 e. The van der Waals surface area contributed by atoms with E-state index in [2.05, 4.69) is 40.2 Å². The number of likely N-dealkylation sites (N-methyl/N-ethyl adjacent to an activating group) is 1. The summed E-state index contributed by atoms with van der Waals surface area (Å²) in [5.41, 5.74) is 3.07. The Kier molecular flexibility index (Phi) is 2.19. The van der Waals surface area contributed by atoms with Crippen molar-refractivity contribution in [2.75, 3.05) is 27.7 Å². The molecule has 0 atom stereocenters. The first-order chi connectivity index (χ1) is 4.99. The first-order valence-electron chi connectivity index (χ1n) is 4.15. The Morgan fingerprint density at radius 3 is 2.36 bits per heavy atom. The van der Waals surface area contributed by atoms with Crippen LogP contribution in [0.1, 0.15) is 13.3 Å². The van der Waals surface area contributed by atoms with Gasteiger partial charge in [0.2, 0.25) is 0 Å². The zero-order valence-electron chi connectivity index (χ0n) is 8.02. The highest BCUT2D eigenvalue weighted by Gasteiger charge is 2.13. The van der Waals surface area contributed by atoms with E-state index in [0.717, 1.165) is 4.48 Å². The van der Waals surface area contributed by atoms with Crippen LogP contribution in [0.3, 0.4) is 0 Å². The molecule has 0 aromatic carbocycles. The van der Waals surface area contributed by atoms with Gasteiger partial charge in [-0.1, -0.05) is 12.2 Å². The van der Waals surface area contributed by atoms with E-state index >= 15 is 0 Å². The van der Waals surface area contributed by atoms with E-state index in [1.54, 1.807) is 5.57 Å². The number of hydrogen-bond donors (Lipinski definition) is 0. The third-order valence-corrected chi connectivity index (χ3v) is 1.95. The number of allylic oxidation sites excluding steroid dienone is 3. The van der Waals surface area contributed by atoms with Crippen LogP contribution in [0, 0.1) is 0 Å². The van der Waals surface area contributed by atoms with Gasteiger partial charge < -0.3 is 4.48 Å². The Labute approximate surface area is 69.6 Å². The number of nitrogens with zero attached hydrogens (tertiary/aromatic N) is 1. The topological polar surface area (TPSA) is 0 Å². The fraction of sp³-hybridized carbons (Fsp3) is 0.600. The van der Waals surface area contributed by atoms with Crippen LogP contribution in [0.4, 0.5) is 0 Å². The molecule has 0 aromatic rings. The second-order valence-electron chi connectivity index (χ2n) is 4.34. The van der Waals surface area contributed by atoms with Gasteiger partial charge in [0.25, 0.3) is 0 Å². The number of hydrogen-bond acceptors (Lipinski definition) is 0. The van der Waals surface area contributed by atoms with E-state index < -0.39 is 0 Å². The Morgan fingerprint density at radius 2 is 2.00 bits per heavy atom. The Hall–Kier alpha value is -0.560. The van der Waals surface area contributed by atoms with Crippen molar-refractivity contribution in [2.24, 2.45) is 0 Å².